The van der Waals surface area contributed by atoms with Crippen LogP contribution in [-0.4, -0.2) is 53.1 Å². The molecule has 0 radical (unpaired) electrons. The van der Waals surface area contributed by atoms with Crippen LogP contribution in [0.3, 0.4) is 0 Å². The number of likely N-dealkylation sites (tertiary alicyclic amines) is 1. The molecule has 3 saturated carbocycles. The van der Waals surface area contributed by atoms with Crippen LogP contribution in [0, 0.1) is 29.1 Å². The van der Waals surface area contributed by atoms with E-state index in [0.717, 1.165) is 37.8 Å². The Morgan fingerprint density at radius 3 is 2.48 bits per heavy atom. The number of halogens is 3. The Labute approximate surface area is 196 Å². The predicted molar refractivity (Wildman–Crippen MR) is 124 cm³/mol. The van der Waals surface area contributed by atoms with E-state index in [9.17, 15) is 23.4 Å². The minimum Gasteiger partial charge on any atom is -0.388 e. The molecular formula is C27H40F3NO2. The molecule has 7 atom stereocenters. The molecule has 3 nitrogen and oxygen atoms in total. The molecule has 4 fully saturated rings. The number of rotatable bonds is 4. The van der Waals surface area contributed by atoms with Gasteiger partial charge in [-0.25, -0.2) is 0 Å². The van der Waals surface area contributed by atoms with Crippen molar-refractivity contribution in [2.45, 2.75) is 83.6 Å². The summed E-state index contributed by atoms with van der Waals surface area (Å²) in [5, 5.41) is 20.3. The van der Waals surface area contributed by atoms with Gasteiger partial charge in [0.2, 0.25) is 0 Å². The average Bonchev–Trinajstić information content (AvgIpc) is 3.34. The normalized spacial score (nSPS) is 40.3. The second-order valence-corrected chi connectivity index (χ2v) is 11.4. The molecule has 1 heterocycles. The number of aliphatic hydroxyl groups is 2. The zero-order chi connectivity index (χ0) is 24.0. The van der Waals surface area contributed by atoms with Crippen LogP contribution in [0.25, 0.3) is 0 Å². The molecule has 0 amide bonds. The number of alkyl halides is 3. The van der Waals surface area contributed by atoms with E-state index < -0.39 is 24.3 Å². The number of nitrogens with zero attached hydrogens (tertiary/aromatic N) is 1. The first-order valence-corrected chi connectivity index (χ1v) is 12.7. The number of hydrogen-bond donors (Lipinski definition) is 2. The van der Waals surface area contributed by atoms with Crippen LogP contribution >= 0.6 is 0 Å². The first kappa shape index (κ1) is 25.0. The summed E-state index contributed by atoms with van der Waals surface area (Å²) in [6.45, 7) is 9.93. The van der Waals surface area contributed by atoms with E-state index in [1.165, 1.54) is 12.0 Å². The SMILES string of the molecule is C=C1[C@H](O)CC(=C/C=C2\CCC[C@]3(C)[C@@H](C(C)CN4CCC(C(F)(F)F)C4)CC[C@@H]23)C[C@H]1O. The predicted octanol–water partition coefficient (Wildman–Crippen LogP) is 5.65. The highest BCUT2D eigenvalue weighted by Gasteiger charge is 2.51. The van der Waals surface area contributed by atoms with Gasteiger partial charge in [-0.2, -0.15) is 13.2 Å². The monoisotopic (exact) mass is 467 g/mol. The molecule has 4 rings (SSSR count). The van der Waals surface area contributed by atoms with Gasteiger partial charge in [0.25, 0.3) is 0 Å². The summed E-state index contributed by atoms with van der Waals surface area (Å²) >= 11 is 0. The standard InChI is InChI=1S/C27H40F3NO2/c1-17(15-31-12-10-21(16-31)27(28,29)30)22-8-9-23-20(5-4-11-26(22,23)3)7-6-19-13-24(32)18(2)25(33)14-19/h6-7,17,21-25,32-33H,2,4-5,8-16H2,1,3H3/b20-7+/t17?,21?,22-,23+,24-,25-,26-/m1/s1. The first-order valence-electron chi connectivity index (χ1n) is 12.7. The molecule has 0 aromatic carbocycles. The van der Waals surface area contributed by atoms with Crippen LogP contribution in [0.1, 0.15) is 65.2 Å². The molecule has 1 aliphatic heterocycles. The van der Waals surface area contributed by atoms with Crippen molar-refractivity contribution in [2.75, 3.05) is 19.6 Å². The third-order valence-corrected chi connectivity index (χ3v) is 9.31. The van der Waals surface area contributed by atoms with Crippen LogP contribution in [0.4, 0.5) is 13.2 Å². The van der Waals surface area contributed by atoms with Gasteiger partial charge in [0.15, 0.2) is 0 Å². The lowest BCUT2D eigenvalue weighted by atomic mass is 9.61. The molecule has 1 saturated heterocycles. The summed E-state index contributed by atoms with van der Waals surface area (Å²) in [5.41, 5.74) is 3.25. The Hall–Kier alpha value is -1.11. The molecule has 2 unspecified atom stereocenters. The van der Waals surface area contributed by atoms with E-state index in [2.05, 4.69) is 32.6 Å². The lowest BCUT2D eigenvalue weighted by molar-refractivity contribution is -0.170. The lowest BCUT2D eigenvalue weighted by Gasteiger charge is -2.45. The molecule has 3 aliphatic carbocycles. The first-order chi connectivity index (χ1) is 15.5. The van der Waals surface area contributed by atoms with Crippen molar-refractivity contribution in [1.82, 2.24) is 4.90 Å². The minimum atomic E-state index is -4.07. The highest BCUT2D eigenvalue weighted by atomic mass is 19.4. The highest BCUT2D eigenvalue weighted by Crippen LogP contribution is 2.59. The fraction of sp³-hybridized carbons (Fsp3) is 0.778. The average molecular weight is 468 g/mol. The van der Waals surface area contributed by atoms with Gasteiger partial charge in [-0.3, -0.25) is 0 Å². The number of allylic oxidation sites excluding steroid dienone is 3. The summed E-state index contributed by atoms with van der Waals surface area (Å²) in [6, 6.07) is 0. The van der Waals surface area contributed by atoms with Gasteiger partial charge < -0.3 is 15.1 Å². The topological polar surface area (TPSA) is 43.7 Å². The quantitative estimate of drug-likeness (QED) is 0.526. The van der Waals surface area contributed by atoms with Crippen molar-refractivity contribution < 1.29 is 23.4 Å². The van der Waals surface area contributed by atoms with Crippen molar-refractivity contribution in [1.29, 1.82) is 0 Å². The molecule has 6 heteroatoms. The van der Waals surface area contributed by atoms with E-state index in [0.29, 0.717) is 42.7 Å². The van der Waals surface area contributed by atoms with Crippen molar-refractivity contribution in [2.24, 2.45) is 29.1 Å². The van der Waals surface area contributed by atoms with Crippen molar-refractivity contribution in [3.63, 3.8) is 0 Å². The summed E-state index contributed by atoms with van der Waals surface area (Å²) in [7, 11) is 0. The van der Waals surface area contributed by atoms with Gasteiger partial charge in [0.1, 0.15) is 0 Å². The number of aliphatic hydroxyl groups excluding tert-OH is 2. The van der Waals surface area contributed by atoms with E-state index in [1.807, 2.05) is 4.90 Å². The zero-order valence-corrected chi connectivity index (χ0v) is 20.1. The summed E-state index contributed by atoms with van der Waals surface area (Å²) in [4.78, 5) is 2.04. The summed E-state index contributed by atoms with van der Waals surface area (Å²) in [5.74, 6) is 0.276. The fourth-order valence-electron chi connectivity index (χ4n) is 7.44. The Morgan fingerprint density at radius 2 is 1.85 bits per heavy atom. The number of fused-ring (bicyclic) bond motifs is 1. The van der Waals surface area contributed by atoms with Gasteiger partial charge in [-0.05, 0) is 86.7 Å². The van der Waals surface area contributed by atoms with Crippen molar-refractivity contribution in [3.8, 4) is 0 Å². The van der Waals surface area contributed by atoms with Gasteiger partial charge in [0.05, 0.1) is 18.1 Å². The molecule has 0 aromatic heterocycles. The van der Waals surface area contributed by atoms with E-state index >= 15 is 0 Å². The largest absolute Gasteiger partial charge is 0.393 e. The number of hydrogen-bond acceptors (Lipinski definition) is 3. The van der Waals surface area contributed by atoms with E-state index in [-0.39, 0.29) is 18.4 Å². The third kappa shape index (κ3) is 5.13. The highest BCUT2D eigenvalue weighted by molar-refractivity contribution is 5.29. The molecule has 33 heavy (non-hydrogen) atoms. The Kier molecular flexibility index (Phi) is 7.20. The van der Waals surface area contributed by atoms with Gasteiger partial charge in [-0.1, -0.05) is 43.7 Å². The van der Waals surface area contributed by atoms with Crippen LogP contribution in [0.5, 0.6) is 0 Å². The van der Waals surface area contributed by atoms with E-state index in [1.54, 1.807) is 0 Å². The molecule has 0 spiro atoms. The zero-order valence-electron chi connectivity index (χ0n) is 20.1. The maximum absolute atomic E-state index is 13.1. The Bertz CT molecular complexity index is 788. The van der Waals surface area contributed by atoms with Crippen molar-refractivity contribution in [3.05, 3.63) is 35.5 Å². The molecule has 0 bridgehead atoms. The van der Waals surface area contributed by atoms with Crippen LogP contribution < -0.4 is 0 Å². The van der Waals surface area contributed by atoms with Gasteiger partial charge in [0, 0.05) is 13.1 Å². The van der Waals surface area contributed by atoms with Crippen LogP contribution in [0.2, 0.25) is 0 Å². The third-order valence-electron chi connectivity index (χ3n) is 9.31. The minimum absolute atomic E-state index is 0.156. The lowest BCUT2D eigenvalue weighted by Crippen LogP contribution is -2.39. The van der Waals surface area contributed by atoms with Gasteiger partial charge >= 0.3 is 6.18 Å². The molecular weight excluding hydrogens is 427 g/mol. The summed E-state index contributed by atoms with van der Waals surface area (Å²) in [6.07, 6.45) is 5.95. The maximum atomic E-state index is 13.1. The van der Waals surface area contributed by atoms with Crippen LogP contribution in [-0.2, 0) is 0 Å². The second kappa shape index (κ2) is 9.50. The molecule has 2 N–H and O–H groups in total. The van der Waals surface area contributed by atoms with Crippen molar-refractivity contribution >= 4 is 0 Å². The molecule has 0 aromatic rings. The fourth-order valence-corrected chi connectivity index (χ4v) is 7.44. The van der Waals surface area contributed by atoms with Gasteiger partial charge in [-0.15, -0.1) is 0 Å². The van der Waals surface area contributed by atoms with E-state index in [4.69, 9.17) is 0 Å². The molecule has 4 aliphatic rings. The summed E-state index contributed by atoms with van der Waals surface area (Å²) < 4.78 is 39.3. The van der Waals surface area contributed by atoms with Crippen LogP contribution in [0.15, 0.2) is 35.5 Å². The smallest absolute Gasteiger partial charge is 0.388 e. The Morgan fingerprint density at radius 1 is 1.15 bits per heavy atom. The maximum Gasteiger partial charge on any atom is 0.393 e. The Balaban J connectivity index is 1.42. The molecule has 186 valence electrons. The second-order valence-electron chi connectivity index (χ2n) is 11.4.